The minimum atomic E-state index is 0.323. The Morgan fingerprint density at radius 2 is 2.28 bits per heavy atom. The summed E-state index contributed by atoms with van der Waals surface area (Å²) in [6.07, 6.45) is 3.84. The van der Waals surface area contributed by atoms with Crippen LogP contribution in [0.5, 0.6) is 0 Å². The first-order valence-corrected chi connectivity index (χ1v) is 7.67. The van der Waals surface area contributed by atoms with Crippen LogP contribution in [0.1, 0.15) is 24.8 Å². The van der Waals surface area contributed by atoms with E-state index in [1.54, 1.807) is 11.3 Å². The molecule has 0 spiro atoms. The van der Waals surface area contributed by atoms with Gasteiger partial charge in [0.25, 0.3) is 0 Å². The largest absolute Gasteiger partial charge is 0.343 e. The lowest BCUT2D eigenvalue weighted by Gasteiger charge is -2.32. The molecule has 1 aromatic heterocycles. The number of hydrogen-bond acceptors (Lipinski definition) is 3. The van der Waals surface area contributed by atoms with Gasteiger partial charge < -0.3 is 10.2 Å². The first-order chi connectivity index (χ1) is 8.79. The van der Waals surface area contributed by atoms with E-state index in [1.807, 2.05) is 11.9 Å². The Kier molecular flexibility index (Phi) is 5.20. The average Bonchev–Trinajstić information content (AvgIpc) is 2.90. The van der Waals surface area contributed by atoms with Crippen molar-refractivity contribution in [3.05, 3.63) is 22.4 Å². The number of hydrogen-bond donors (Lipinski definition) is 1. The Hall–Kier alpha value is -0.870. The summed E-state index contributed by atoms with van der Waals surface area (Å²) in [5.41, 5.74) is 1.29. The minimum absolute atomic E-state index is 0.323. The van der Waals surface area contributed by atoms with Gasteiger partial charge in [-0.2, -0.15) is 11.3 Å². The van der Waals surface area contributed by atoms with Crippen molar-refractivity contribution in [1.82, 2.24) is 10.2 Å². The van der Waals surface area contributed by atoms with E-state index >= 15 is 0 Å². The molecule has 0 unspecified atom stereocenters. The quantitative estimate of drug-likeness (QED) is 0.885. The Balaban J connectivity index is 1.70. The van der Waals surface area contributed by atoms with Gasteiger partial charge in [0, 0.05) is 19.5 Å². The number of carbonyl (C=O) groups is 1. The summed E-state index contributed by atoms with van der Waals surface area (Å²) >= 11 is 1.70. The van der Waals surface area contributed by atoms with Crippen molar-refractivity contribution in [2.75, 3.05) is 26.7 Å². The van der Waals surface area contributed by atoms with Crippen LogP contribution in [0.3, 0.4) is 0 Å². The van der Waals surface area contributed by atoms with Gasteiger partial charge in [0.15, 0.2) is 0 Å². The van der Waals surface area contributed by atoms with Gasteiger partial charge in [0.2, 0.25) is 5.91 Å². The van der Waals surface area contributed by atoms with Gasteiger partial charge in [-0.3, -0.25) is 4.79 Å². The fourth-order valence-electron chi connectivity index (χ4n) is 2.52. The smallest absolute Gasteiger partial charge is 0.222 e. The zero-order valence-corrected chi connectivity index (χ0v) is 11.8. The van der Waals surface area contributed by atoms with Crippen LogP contribution in [-0.2, 0) is 11.2 Å². The van der Waals surface area contributed by atoms with Crippen molar-refractivity contribution in [2.45, 2.75) is 25.7 Å². The standard InChI is InChI=1S/C14H22N2OS/c1-15-10-12-4-7-16(8-5-12)14(17)3-2-13-6-9-18-11-13/h6,9,11-12,15H,2-5,7-8,10H2,1H3. The zero-order valence-electron chi connectivity index (χ0n) is 11.0. The molecule has 0 bridgehead atoms. The van der Waals surface area contributed by atoms with E-state index in [-0.39, 0.29) is 0 Å². The lowest BCUT2D eigenvalue weighted by Crippen LogP contribution is -2.40. The van der Waals surface area contributed by atoms with Gasteiger partial charge in [0.05, 0.1) is 0 Å². The second-order valence-electron chi connectivity index (χ2n) is 5.01. The third-order valence-electron chi connectivity index (χ3n) is 3.67. The molecule has 1 aromatic rings. The molecule has 0 aromatic carbocycles. The Morgan fingerprint density at radius 1 is 1.50 bits per heavy atom. The molecule has 3 nitrogen and oxygen atoms in total. The zero-order chi connectivity index (χ0) is 12.8. The second kappa shape index (κ2) is 6.90. The Morgan fingerprint density at radius 3 is 2.89 bits per heavy atom. The maximum Gasteiger partial charge on any atom is 0.222 e. The molecular formula is C14H22N2OS. The molecule has 18 heavy (non-hydrogen) atoms. The average molecular weight is 266 g/mol. The SMILES string of the molecule is CNCC1CCN(C(=O)CCc2ccsc2)CC1. The summed E-state index contributed by atoms with van der Waals surface area (Å²) in [6, 6.07) is 2.11. The van der Waals surface area contributed by atoms with E-state index in [1.165, 1.54) is 5.56 Å². The molecule has 4 heteroatoms. The van der Waals surface area contributed by atoms with E-state index in [0.717, 1.165) is 44.8 Å². The van der Waals surface area contributed by atoms with Gasteiger partial charge >= 0.3 is 0 Å². The van der Waals surface area contributed by atoms with Crippen LogP contribution in [0, 0.1) is 5.92 Å². The lowest BCUT2D eigenvalue weighted by molar-refractivity contribution is -0.132. The number of rotatable bonds is 5. The van der Waals surface area contributed by atoms with Crippen LogP contribution in [0.2, 0.25) is 0 Å². The fraction of sp³-hybridized carbons (Fsp3) is 0.643. The van der Waals surface area contributed by atoms with E-state index < -0.39 is 0 Å². The summed E-state index contributed by atoms with van der Waals surface area (Å²) in [5, 5.41) is 7.43. The monoisotopic (exact) mass is 266 g/mol. The molecule has 1 aliphatic rings. The van der Waals surface area contributed by atoms with E-state index in [2.05, 4.69) is 22.1 Å². The van der Waals surface area contributed by atoms with E-state index in [0.29, 0.717) is 12.3 Å². The van der Waals surface area contributed by atoms with Crippen molar-refractivity contribution < 1.29 is 4.79 Å². The van der Waals surface area contributed by atoms with Gasteiger partial charge in [-0.1, -0.05) is 0 Å². The van der Waals surface area contributed by atoms with Crippen LogP contribution in [0.25, 0.3) is 0 Å². The molecule has 0 saturated carbocycles. The number of nitrogens with zero attached hydrogens (tertiary/aromatic N) is 1. The van der Waals surface area contributed by atoms with Gasteiger partial charge in [0.1, 0.15) is 0 Å². The van der Waals surface area contributed by atoms with Gasteiger partial charge in [-0.25, -0.2) is 0 Å². The van der Waals surface area contributed by atoms with Crippen LogP contribution in [0.4, 0.5) is 0 Å². The molecular weight excluding hydrogens is 244 g/mol. The minimum Gasteiger partial charge on any atom is -0.343 e. The summed E-state index contributed by atoms with van der Waals surface area (Å²) in [4.78, 5) is 14.1. The maximum absolute atomic E-state index is 12.1. The summed E-state index contributed by atoms with van der Waals surface area (Å²) in [5.74, 6) is 1.07. The van der Waals surface area contributed by atoms with Crippen molar-refractivity contribution >= 4 is 17.2 Å². The molecule has 1 aliphatic heterocycles. The summed E-state index contributed by atoms with van der Waals surface area (Å²) in [7, 11) is 2.00. The molecule has 0 aliphatic carbocycles. The normalized spacial score (nSPS) is 17.1. The first-order valence-electron chi connectivity index (χ1n) is 6.73. The molecule has 0 atom stereocenters. The Labute approximate surface area is 113 Å². The highest BCUT2D eigenvalue weighted by molar-refractivity contribution is 7.07. The molecule has 100 valence electrons. The highest BCUT2D eigenvalue weighted by Crippen LogP contribution is 2.17. The van der Waals surface area contributed by atoms with E-state index in [4.69, 9.17) is 0 Å². The highest BCUT2D eigenvalue weighted by atomic mass is 32.1. The van der Waals surface area contributed by atoms with Crippen molar-refractivity contribution in [2.24, 2.45) is 5.92 Å². The molecule has 2 rings (SSSR count). The second-order valence-corrected chi connectivity index (χ2v) is 5.79. The number of carbonyl (C=O) groups excluding carboxylic acids is 1. The Bertz CT molecular complexity index is 356. The number of amides is 1. The number of thiophene rings is 1. The van der Waals surface area contributed by atoms with Crippen LogP contribution < -0.4 is 5.32 Å². The maximum atomic E-state index is 12.1. The molecule has 1 N–H and O–H groups in total. The van der Waals surface area contributed by atoms with E-state index in [9.17, 15) is 4.79 Å². The highest BCUT2D eigenvalue weighted by Gasteiger charge is 2.21. The molecule has 0 radical (unpaired) electrons. The lowest BCUT2D eigenvalue weighted by atomic mass is 9.96. The topological polar surface area (TPSA) is 32.3 Å². The molecule has 1 amide bonds. The number of likely N-dealkylation sites (tertiary alicyclic amines) is 1. The molecule has 1 fully saturated rings. The van der Waals surface area contributed by atoms with Gasteiger partial charge in [-0.15, -0.1) is 0 Å². The van der Waals surface area contributed by atoms with Crippen LogP contribution in [-0.4, -0.2) is 37.5 Å². The first kappa shape index (κ1) is 13.6. The summed E-state index contributed by atoms with van der Waals surface area (Å²) < 4.78 is 0. The number of piperidine rings is 1. The predicted octanol–water partition coefficient (Wildman–Crippen LogP) is 2.14. The molecule has 1 saturated heterocycles. The van der Waals surface area contributed by atoms with Crippen molar-refractivity contribution in [1.29, 1.82) is 0 Å². The van der Waals surface area contributed by atoms with Crippen LogP contribution in [0.15, 0.2) is 16.8 Å². The summed E-state index contributed by atoms with van der Waals surface area (Å²) in [6.45, 7) is 2.96. The number of aryl methyl sites for hydroxylation is 1. The van der Waals surface area contributed by atoms with Crippen molar-refractivity contribution in [3.63, 3.8) is 0 Å². The third-order valence-corrected chi connectivity index (χ3v) is 4.40. The van der Waals surface area contributed by atoms with Crippen LogP contribution >= 0.6 is 11.3 Å². The van der Waals surface area contributed by atoms with Gasteiger partial charge in [-0.05, 0) is 61.2 Å². The number of nitrogens with one attached hydrogen (secondary N) is 1. The predicted molar refractivity (Wildman–Crippen MR) is 75.9 cm³/mol. The fourth-order valence-corrected chi connectivity index (χ4v) is 3.22. The third kappa shape index (κ3) is 3.82. The van der Waals surface area contributed by atoms with Crippen molar-refractivity contribution in [3.8, 4) is 0 Å². The molecule has 2 heterocycles.